The molecule has 4 heteroatoms. The smallest absolute Gasteiger partial charge is 0.175 e. The molecule has 2 aliphatic rings. The zero-order valence-electron chi connectivity index (χ0n) is 10.2. The summed E-state index contributed by atoms with van der Waals surface area (Å²) in [4.78, 5) is 0. The zero-order chi connectivity index (χ0) is 12.0. The van der Waals surface area contributed by atoms with E-state index in [1.807, 2.05) is 29.8 Å². The van der Waals surface area contributed by atoms with Crippen molar-refractivity contribution >= 4 is 11.9 Å². The van der Waals surface area contributed by atoms with Gasteiger partial charge in [0.25, 0.3) is 0 Å². The second-order valence-corrected chi connectivity index (χ2v) is 4.71. The number of nitrogens with two attached hydrogens (primary N) is 1. The van der Waals surface area contributed by atoms with E-state index < -0.39 is 0 Å². The van der Waals surface area contributed by atoms with E-state index in [1.165, 1.54) is 0 Å². The molecule has 88 valence electrons. The van der Waals surface area contributed by atoms with Crippen LogP contribution in [0.2, 0.25) is 0 Å². The lowest BCUT2D eigenvalue weighted by Crippen LogP contribution is -2.73. The van der Waals surface area contributed by atoms with Crippen LogP contribution in [0.4, 0.5) is 0 Å². The molecule has 0 radical (unpaired) electrons. The van der Waals surface area contributed by atoms with Crippen LogP contribution in [0.25, 0.3) is 5.70 Å². The molecule has 2 heterocycles. The molecule has 0 aromatic heterocycles. The van der Waals surface area contributed by atoms with Crippen LogP contribution in [-0.2, 0) is 0 Å². The molecule has 0 bridgehead atoms. The van der Waals surface area contributed by atoms with Gasteiger partial charge in [0.05, 0.1) is 24.5 Å². The van der Waals surface area contributed by atoms with Crippen LogP contribution in [0, 0.1) is 0 Å². The third-order valence-electron chi connectivity index (χ3n) is 3.19. The Morgan fingerprint density at radius 3 is 2.94 bits per heavy atom. The monoisotopic (exact) mass is 231 g/mol. The van der Waals surface area contributed by atoms with Crippen molar-refractivity contribution in [2.75, 3.05) is 7.11 Å². The van der Waals surface area contributed by atoms with E-state index >= 15 is 0 Å². The summed E-state index contributed by atoms with van der Waals surface area (Å²) in [6.07, 6.45) is 1.88. The van der Waals surface area contributed by atoms with E-state index in [0.717, 1.165) is 28.3 Å². The third kappa shape index (κ3) is 1.45. The van der Waals surface area contributed by atoms with E-state index in [9.17, 15) is 0 Å². The van der Waals surface area contributed by atoms with Crippen molar-refractivity contribution in [3.63, 3.8) is 0 Å². The van der Waals surface area contributed by atoms with Crippen molar-refractivity contribution in [2.45, 2.75) is 19.4 Å². The lowest BCUT2D eigenvalue weighted by atomic mass is 9.91. The molecule has 1 aromatic carbocycles. The van der Waals surface area contributed by atoms with Crippen molar-refractivity contribution in [3.05, 3.63) is 29.3 Å². The summed E-state index contributed by atoms with van der Waals surface area (Å²) in [7, 11) is 1.66. The fourth-order valence-corrected chi connectivity index (χ4v) is 2.29. The minimum absolute atomic E-state index is 0.342. The molecule has 17 heavy (non-hydrogen) atoms. The van der Waals surface area contributed by atoms with Gasteiger partial charge >= 0.3 is 0 Å². The summed E-state index contributed by atoms with van der Waals surface area (Å²) in [6, 6.07) is 5.88. The Morgan fingerprint density at radius 2 is 2.18 bits per heavy atom. The summed E-state index contributed by atoms with van der Waals surface area (Å²) in [5.41, 5.74) is 4.92. The highest BCUT2D eigenvalue weighted by molar-refractivity contribution is 5.94. The number of fused-ring (bicyclic) bond motifs is 2. The largest absolute Gasteiger partial charge is 0.497 e. The predicted molar refractivity (Wildman–Crippen MR) is 65.0 cm³/mol. The quantitative estimate of drug-likeness (QED) is 0.737. The van der Waals surface area contributed by atoms with E-state index in [4.69, 9.17) is 9.47 Å². The van der Waals surface area contributed by atoms with Crippen molar-refractivity contribution in [2.24, 2.45) is 5.10 Å². The van der Waals surface area contributed by atoms with Gasteiger partial charge in [0, 0.05) is 6.07 Å². The second-order valence-electron chi connectivity index (χ2n) is 4.71. The van der Waals surface area contributed by atoms with Crippen LogP contribution in [0.1, 0.15) is 19.4 Å². The van der Waals surface area contributed by atoms with Gasteiger partial charge in [-0.25, -0.2) is 0 Å². The van der Waals surface area contributed by atoms with Crippen LogP contribution in [0.5, 0.6) is 11.5 Å². The van der Waals surface area contributed by atoms with Gasteiger partial charge in [-0.3, -0.25) is 0 Å². The summed E-state index contributed by atoms with van der Waals surface area (Å²) in [5, 5.41) is 4.23. The van der Waals surface area contributed by atoms with Gasteiger partial charge in [0.15, 0.2) is 5.70 Å². The molecule has 0 amide bonds. The van der Waals surface area contributed by atoms with Gasteiger partial charge in [0.2, 0.25) is 0 Å². The molecule has 0 saturated heterocycles. The fourth-order valence-electron chi connectivity index (χ4n) is 2.29. The van der Waals surface area contributed by atoms with Gasteiger partial charge in [0.1, 0.15) is 17.1 Å². The molecule has 0 spiro atoms. The Kier molecular flexibility index (Phi) is 2.03. The summed E-state index contributed by atoms with van der Waals surface area (Å²) in [6.45, 7) is 4.10. The Bertz CT molecular complexity index is 544. The van der Waals surface area contributed by atoms with Gasteiger partial charge in [-0.05, 0) is 26.0 Å². The highest BCUT2D eigenvalue weighted by Crippen LogP contribution is 2.39. The van der Waals surface area contributed by atoms with Gasteiger partial charge in [-0.15, -0.1) is 0 Å². The molecular formula is C13H15N2O2+. The van der Waals surface area contributed by atoms with Crippen LogP contribution >= 0.6 is 0 Å². The SMILES string of the molecule is COc1ccc2c(c1)OC(C)(C)C1=C2[NH2+]N=C1. The third-order valence-corrected chi connectivity index (χ3v) is 3.19. The first-order valence-electron chi connectivity index (χ1n) is 5.60. The lowest BCUT2D eigenvalue weighted by molar-refractivity contribution is -0.565. The number of rotatable bonds is 1. The average Bonchev–Trinajstić information content (AvgIpc) is 2.77. The molecule has 3 rings (SSSR count). The number of nitrogens with zero attached hydrogens (tertiary/aromatic N) is 1. The van der Waals surface area contributed by atoms with Crippen LogP contribution in [-0.4, -0.2) is 18.9 Å². The van der Waals surface area contributed by atoms with Crippen LogP contribution in [0.3, 0.4) is 0 Å². The minimum Gasteiger partial charge on any atom is -0.497 e. The van der Waals surface area contributed by atoms with Gasteiger partial charge in [-0.2, -0.15) is 5.43 Å². The maximum Gasteiger partial charge on any atom is 0.175 e. The molecular weight excluding hydrogens is 216 g/mol. The Labute approximate surface area is 99.9 Å². The number of ether oxygens (including phenoxy) is 2. The number of hydrogen-bond donors (Lipinski definition) is 1. The molecule has 0 saturated carbocycles. The number of methoxy groups -OCH3 is 1. The summed E-state index contributed by atoms with van der Waals surface area (Å²) in [5.74, 6) is 1.66. The molecule has 2 aliphatic heterocycles. The first-order valence-corrected chi connectivity index (χ1v) is 5.60. The van der Waals surface area contributed by atoms with Gasteiger partial charge in [-0.1, -0.05) is 5.10 Å². The van der Waals surface area contributed by atoms with Crippen LogP contribution < -0.4 is 14.9 Å². The van der Waals surface area contributed by atoms with E-state index in [2.05, 4.69) is 18.9 Å². The Hall–Kier alpha value is -1.81. The van der Waals surface area contributed by atoms with E-state index in [-0.39, 0.29) is 5.60 Å². The molecule has 2 N–H and O–H groups in total. The van der Waals surface area contributed by atoms with Crippen molar-refractivity contribution < 1.29 is 14.9 Å². The zero-order valence-corrected chi connectivity index (χ0v) is 10.2. The molecule has 4 nitrogen and oxygen atoms in total. The van der Waals surface area contributed by atoms with Gasteiger partial charge < -0.3 is 9.47 Å². The first kappa shape index (κ1) is 10.4. The van der Waals surface area contributed by atoms with E-state index in [0.29, 0.717) is 0 Å². The second kappa shape index (κ2) is 3.34. The predicted octanol–water partition coefficient (Wildman–Crippen LogP) is 1.14. The Morgan fingerprint density at radius 1 is 1.35 bits per heavy atom. The normalized spacial score (nSPS) is 19.7. The molecule has 0 unspecified atom stereocenters. The van der Waals surface area contributed by atoms with Crippen molar-refractivity contribution in [3.8, 4) is 11.5 Å². The van der Waals surface area contributed by atoms with Crippen molar-refractivity contribution in [1.29, 1.82) is 0 Å². The first-order chi connectivity index (χ1) is 8.12. The number of hydrogen-bond acceptors (Lipinski definition) is 3. The maximum atomic E-state index is 6.03. The standard InChI is InChI=1S/C13H14N2O2/c1-13(2)10-7-14-15-12(10)9-5-4-8(16-3)6-11(9)17-13/h4-7H,1-3H3,(H,14,15)/p+1. The molecule has 1 aromatic rings. The Balaban J connectivity index is 2.18. The highest BCUT2D eigenvalue weighted by Gasteiger charge is 2.39. The average molecular weight is 231 g/mol. The fraction of sp³-hybridized carbons (Fsp3) is 0.308. The van der Waals surface area contributed by atoms with Crippen molar-refractivity contribution in [1.82, 2.24) is 0 Å². The minimum atomic E-state index is -0.342. The van der Waals surface area contributed by atoms with Crippen LogP contribution in [0.15, 0.2) is 28.9 Å². The maximum absolute atomic E-state index is 6.03. The topological polar surface area (TPSA) is 47.4 Å². The molecule has 0 aliphatic carbocycles. The number of benzene rings is 1. The summed E-state index contributed by atoms with van der Waals surface area (Å²) < 4.78 is 11.2. The molecule has 0 atom stereocenters. The molecule has 0 fully saturated rings. The number of quaternary nitrogens is 1. The van der Waals surface area contributed by atoms with E-state index in [1.54, 1.807) is 7.11 Å². The lowest BCUT2D eigenvalue weighted by Gasteiger charge is -2.31. The summed E-state index contributed by atoms with van der Waals surface area (Å²) >= 11 is 0. The highest BCUT2D eigenvalue weighted by atomic mass is 16.5.